The highest BCUT2D eigenvalue weighted by molar-refractivity contribution is 5.93. The van der Waals surface area contributed by atoms with Gasteiger partial charge in [-0.05, 0) is 38.0 Å². The van der Waals surface area contributed by atoms with Crippen molar-refractivity contribution in [3.8, 4) is 17.4 Å². The molecule has 0 unspecified atom stereocenters. The van der Waals surface area contributed by atoms with Crippen molar-refractivity contribution in [1.29, 1.82) is 0 Å². The number of carbonyl (C=O) groups excluding carboxylic acids is 2. The number of fused-ring (bicyclic) bond motifs is 1. The van der Waals surface area contributed by atoms with Gasteiger partial charge in [0.15, 0.2) is 23.0 Å². The monoisotopic (exact) mass is 437 g/mol. The minimum Gasteiger partial charge on any atom is -0.437 e. The third kappa shape index (κ3) is 4.00. The maximum atomic E-state index is 14.2. The van der Waals surface area contributed by atoms with Crippen molar-refractivity contribution in [2.45, 2.75) is 19.8 Å². The van der Waals surface area contributed by atoms with Crippen LogP contribution in [0.5, 0.6) is 17.4 Å². The molecule has 0 aliphatic heterocycles. The minimum atomic E-state index is -0.807. The van der Waals surface area contributed by atoms with Gasteiger partial charge in [0.25, 0.3) is 0 Å². The number of aromatic nitrogens is 4. The Bertz CT molecular complexity index is 1340. The topological polar surface area (TPSA) is 121 Å². The molecule has 1 amide bonds. The molecule has 1 saturated carbocycles. The molecular formula is C21H16FN5O5. The number of nitrogens with one attached hydrogen (secondary N) is 1. The van der Waals surface area contributed by atoms with E-state index in [0.717, 1.165) is 25.2 Å². The molecule has 5 rings (SSSR count). The molecule has 4 aromatic rings. The number of rotatable bonds is 6. The number of ether oxygens (including phenoxy) is 2. The van der Waals surface area contributed by atoms with Crippen LogP contribution in [0.2, 0.25) is 0 Å². The Morgan fingerprint density at radius 1 is 1.25 bits per heavy atom. The van der Waals surface area contributed by atoms with Gasteiger partial charge in [0.2, 0.25) is 11.8 Å². The van der Waals surface area contributed by atoms with Gasteiger partial charge in [-0.2, -0.15) is 0 Å². The van der Waals surface area contributed by atoms with Gasteiger partial charge in [0.1, 0.15) is 17.6 Å². The van der Waals surface area contributed by atoms with E-state index in [2.05, 4.69) is 20.6 Å². The van der Waals surface area contributed by atoms with Crippen molar-refractivity contribution >= 4 is 23.3 Å². The van der Waals surface area contributed by atoms with Crippen LogP contribution in [0.15, 0.2) is 47.3 Å². The maximum absolute atomic E-state index is 14.2. The molecule has 3 heterocycles. The lowest BCUT2D eigenvalue weighted by molar-refractivity contribution is -0.117. The second-order valence-electron chi connectivity index (χ2n) is 7.26. The summed E-state index contributed by atoms with van der Waals surface area (Å²) < 4.78 is 31.1. The summed E-state index contributed by atoms with van der Waals surface area (Å²) >= 11 is 0. The lowest BCUT2D eigenvalue weighted by Crippen LogP contribution is -2.13. The summed E-state index contributed by atoms with van der Waals surface area (Å²) in [5.41, 5.74) is 0.933. The van der Waals surface area contributed by atoms with Gasteiger partial charge in [0.05, 0.1) is 11.9 Å². The molecule has 1 aliphatic carbocycles. The average molecular weight is 437 g/mol. The van der Waals surface area contributed by atoms with E-state index < -0.39 is 11.8 Å². The summed E-state index contributed by atoms with van der Waals surface area (Å²) in [5.74, 6) is -1.08. The van der Waals surface area contributed by atoms with E-state index >= 15 is 0 Å². The number of benzene rings is 1. The number of halogens is 1. The fourth-order valence-corrected chi connectivity index (χ4v) is 2.94. The quantitative estimate of drug-likeness (QED) is 0.359. The van der Waals surface area contributed by atoms with Crippen LogP contribution in [0, 0.1) is 18.7 Å². The van der Waals surface area contributed by atoms with Crippen molar-refractivity contribution in [3.63, 3.8) is 0 Å². The first kappa shape index (κ1) is 19.7. The normalized spacial score (nSPS) is 13.2. The van der Waals surface area contributed by atoms with Crippen molar-refractivity contribution in [2.75, 3.05) is 5.32 Å². The number of aryl methyl sites for hydroxylation is 1. The zero-order valence-electron chi connectivity index (χ0n) is 16.7. The van der Waals surface area contributed by atoms with Gasteiger partial charge >= 0.3 is 5.97 Å². The van der Waals surface area contributed by atoms with Crippen LogP contribution < -0.4 is 14.8 Å². The first-order valence-electron chi connectivity index (χ1n) is 9.74. The highest BCUT2D eigenvalue weighted by atomic mass is 19.1. The molecule has 162 valence electrons. The largest absolute Gasteiger partial charge is 0.437 e. The zero-order chi connectivity index (χ0) is 22.2. The summed E-state index contributed by atoms with van der Waals surface area (Å²) in [6, 6.07) is 6.95. The number of hydrogen-bond acceptors (Lipinski definition) is 8. The Morgan fingerprint density at radius 2 is 2.09 bits per heavy atom. The number of anilines is 1. The average Bonchev–Trinajstić information content (AvgIpc) is 3.41. The van der Waals surface area contributed by atoms with Gasteiger partial charge < -0.3 is 19.3 Å². The molecule has 1 fully saturated rings. The van der Waals surface area contributed by atoms with Crippen LogP contribution in [0.25, 0.3) is 5.65 Å². The highest BCUT2D eigenvalue weighted by Crippen LogP contribution is 2.30. The Hall–Kier alpha value is -4.28. The molecule has 0 spiro atoms. The van der Waals surface area contributed by atoms with Crippen molar-refractivity contribution in [3.05, 3.63) is 59.9 Å². The SMILES string of the molecule is Cc1nocc1C(=O)Oc1cc(Oc2ccc3nc(NC(=O)C4CC4)cn3n2)ccc1F. The summed E-state index contributed by atoms with van der Waals surface area (Å²) in [7, 11) is 0. The van der Waals surface area contributed by atoms with E-state index in [9.17, 15) is 14.0 Å². The summed E-state index contributed by atoms with van der Waals surface area (Å²) in [5, 5.41) is 10.6. The molecule has 1 aliphatic rings. The Labute approximate surface area is 179 Å². The van der Waals surface area contributed by atoms with E-state index in [-0.39, 0.29) is 34.8 Å². The highest BCUT2D eigenvalue weighted by Gasteiger charge is 2.30. The van der Waals surface area contributed by atoms with Gasteiger partial charge in [-0.1, -0.05) is 5.16 Å². The number of carbonyl (C=O) groups is 2. The predicted octanol–water partition coefficient (Wildman–Crippen LogP) is 3.52. The minimum absolute atomic E-state index is 0.0559. The fraction of sp³-hybridized carbons (Fsp3) is 0.190. The van der Waals surface area contributed by atoms with Gasteiger partial charge in [0, 0.05) is 18.1 Å². The molecule has 1 aromatic carbocycles. The van der Waals surface area contributed by atoms with E-state index in [1.807, 2.05) is 0 Å². The molecule has 10 nitrogen and oxygen atoms in total. The van der Waals surface area contributed by atoms with Crippen LogP contribution >= 0.6 is 0 Å². The van der Waals surface area contributed by atoms with Crippen LogP contribution in [-0.2, 0) is 4.79 Å². The van der Waals surface area contributed by atoms with Crippen LogP contribution in [0.4, 0.5) is 10.2 Å². The Morgan fingerprint density at radius 3 is 2.84 bits per heavy atom. The Kier molecular flexibility index (Phi) is 4.77. The smallest absolute Gasteiger partial charge is 0.348 e. The van der Waals surface area contributed by atoms with Crippen LogP contribution in [0.3, 0.4) is 0 Å². The van der Waals surface area contributed by atoms with E-state index in [1.165, 1.54) is 16.6 Å². The number of esters is 1. The van der Waals surface area contributed by atoms with Crippen LogP contribution in [0.1, 0.15) is 28.9 Å². The van der Waals surface area contributed by atoms with E-state index in [1.54, 1.807) is 25.3 Å². The molecule has 0 radical (unpaired) electrons. The molecule has 0 saturated heterocycles. The summed E-state index contributed by atoms with van der Waals surface area (Å²) in [4.78, 5) is 28.4. The third-order valence-electron chi connectivity index (χ3n) is 4.79. The van der Waals surface area contributed by atoms with Crippen LogP contribution in [-0.4, -0.2) is 31.6 Å². The number of amides is 1. The second kappa shape index (κ2) is 7.76. The third-order valence-corrected chi connectivity index (χ3v) is 4.79. The second-order valence-corrected chi connectivity index (χ2v) is 7.26. The van der Waals surface area contributed by atoms with Gasteiger partial charge in [-0.15, -0.1) is 5.10 Å². The molecule has 32 heavy (non-hydrogen) atoms. The predicted molar refractivity (Wildman–Crippen MR) is 107 cm³/mol. The molecule has 0 bridgehead atoms. The van der Waals surface area contributed by atoms with Crippen molar-refractivity contribution < 1.29 is 28.0 Å². The zero-order valence-corrected chi connectivity index (χ0v) is 16.7. The molecule has 0 atom stereocenters. The number of nitrogens with zero attached hydrogens (tertiary/aromatic N) is 4. The summed E-state index contributed by atoms with van der Waals surface area (Å²) in [6.07, 6.45) is 4.48. The lowest BCUT2D eigenvalue weighted by Gasteiger charge is -2.08. The molecule has 3 aromatic heterocycles. The molecule has 11 heteroatoms. The number of hydrogen-bond donors (Lipinski definition) is 1. The van der Waals surface area contributed by atoms with Gasteiger partial charge in [-0.25, -0.2) is 18.7 Å². The standard InChI is InChI=1S/C21H16FN5O5/c1-11-14(10-30-26-11)21(29)32-16-8-13(4-5-15(16)22)31-19-7-6-18-23-17(9-27(18)25-19)24-20(28)12-2-3-12/h4-10,12H,2-3H2,1H3,(H,24,28). The van der Waals surface area contributed by atoms with Crippen molar-refractivity contribution in [1.82, 2.24) is 19.8 Å². The first-order valence-corrected chi connectivity index (χ1v) is 9.74. The van der Waals surface area contributed by atoms with Gasteiger partial charge in [-0.3, -0.25) is 4.79 Å². The first-order chi connectivity index (χ1) is 15.5. The van der Waals surface area contributed by atoms with Crippen molar-refractivity contribution in [2.24, 2.45) is 5.92 Å². The summed E-state index contributed by atoms with van der Waals surface area (Å²) in [6.45, 7) is 1.57. The maximum Gasteiger partial charge on any atom is 0.348 e. The number of imidazole rings is 1. The molecular weight excluding hydrogens is 421 g/mol. The lowest BCUT2D eigenvalue weighted by atomic mass is 10.2. The van der Waals surface area contributed by atoms with E-state index in [0.29, 0.717) is 17.2 Å². The molecule has 1 N–H and O–H groups in total. The Balaban J connectivity index is 1.33. The fourth-order valence-electron chi connectivity index (χ4n) is 2.94. The van der Waals surface area contributed by atoms with E-state index in [4.69, 9.17) is 14.0 Å².